The number of benzene rings is 1. The Hall–Kier alpha value is -2.64. The number of rotatable bonds is 9. The lowest BCUT2D eigenvalue weighted by Crippen LogP contribution is -2.46. The minimum Gasteiger partial charge on any atom is -0.494 e. The van der Waals surface area contributed by atoms with E-state index in [0.29, 0.717) is 29.3 Å². The third-order valence-corrected chi connectivity index (χ3v) is 7.64. The molecule has 0 bridgehead atoms. The van der Waals surface area contributed by atoms with Crippen molar-refractivity contribution < 1.29 is 14.3 Å². The first-order valence-electron chi connectivity index (χ1n) is 11.6. The number of amides is 2. The van der Waals surface area contributed by atoms with Gasteiger partial charge >= 0.3 is 0 Å². The second-order valence-corrected chi connectivity index (χ2v) is 10.2. The Balaban J connectivity index is 1.75. The van der Waals surface area contributed by atoms with Crippen LogP contribution >= 0.6 is 22.7 Å². The van der Waals surface area contributed by atoms with Crippen molar-refractivity contribution in [3.63, 3.8) is 0 Å². The summed E-state index contributed by atoms with van der Waals surface area (Å²) in [4.78, 5) is 30.9. The Kier molecular flexibility index (Phi) is 8.18. The first-order valence-corrected chi connectivity index (χ1v) is 13.3. The SMILES string of the molecule is CCOc1ccccc1[C@@H](C(=O)NC1CCCCC1)N(Cc1cccs1)C(=O)c1cccs1. The summed E-state index contributed by atoms with van der Waals surface area (Å²) in [6, 6.07) is 14.6. The van der Waals surface area contributed by atoms with Gasteiger partial charge in [-0.1, -0.05) is 49.6 Å². The largest absolute Gasteiger partial charge is 0.494 e. The summed E-state index contributed by atoms with van der Waals surface area (Å²) in [7, 11) is 0. The highest BCUT2D eigenvalue weighted by atomic mass is 32.1. The van der Waals surface area contributed by atoms with E-state index in [4.69, 9.17) is 4.74 Å². The van der Waals surface area contributed by atoms with Gasteiger partial charge in [0.1, 0.15) is 11.8 Å². The average molecular weight is 483 g/mol. The first kappa shape index (κ1) is 23.5. The molecule has 2 aromatic heterocycles. The maximum absolute atomic E-state index is 13.9. The third kappa shape index (κ3) is 5.84. The van der Waals surface area contributed by atoms with E-state index in [9.17, 15) is 9.59 Å². The minimum absolute atomic E-state index is 0.143. The second kappa shape index (κ2) is 11.5. The number of para-hydroxylation sites is 1. The molecule has 5 nitrogen and oxygen atoms in total. The van der Waals surface area contributed by atoms with Crippen molar-refractivity contribution in [2.75, 3.05) is 6.61 Å². The van der Waals surface area contributed by atoms with E-state index >= 15 is 0 Å². The van der Waals surface area contributed by atoms with Gasteiger partial charge in [0.15, 0.2) is 0 Å². The predicted octanol–water partition coefficient (Wildman–Crippen LogP) is 6.04. The van der Waals surface area contributed by atoms with Crippen LogP contribution in [0.4, 0.5) is 0 Å². The predicted molar refractivity (Wildman–Crippen MR) is 134 cm³/mol. The Morgan fingerprint density at radius 1 is 1.03 bits per heavy atom. The van der Waals surface area contributed by atoms with Gasteiger partial charge in [0.2, 0.25) is 5.91 Å². The maximum Gasteiger partial charge on any atom is 0.265 e. The van der Waals surface area contributed by atoms with Crippen LogP contribution in [0.2, 0.25) is 0 Å². The number of carbonyl (C=O) groups excluding carboxylic acids is 2. The summed E-state index contributed by atoms with van der Waals surface area (Å²) in [5.41, 5.74) is 0.717. The van der Waals surface area contributed by atoms with E-state index in [1.807, 2.05) is 66.2 Å². The van der Waals surface area contributed by atoms with E-state index in [-0.39, 0.29) is 17.9 Å². The highest BCUT2D eigenvalue weighted by Gasteiger charge is 2.35. The van der Waals surface area contributed by atoms with Crippen LogP contribution in [0.25, 0.3) is 0 Å². The maximum atomic E-state index is 13.9. The lowest BCUT2D eigenvalue weighted by molar-refractivity contribution is -0.127. The van der Waals surface area contributed by atoms with Gasteiger partial charge in [-0.2, -0.15) is 0 Å². The second-order valence-electron chi connectivity index (χ2n) is 8.21. The van der Waals surface area contributed by atoms with Crippen molar-refractivity contribution in [2.45, 2.75) is 57.7 Å². The van der Waals surface area contributed by atoms with E-state index in [1.54, 1.807) is 16.2 Å². The Bertz CT molecular complexity index is 1030. The van der Waals surface area contributed by atoms with E-state index < -0.39 is 6.04 Å². The molecule has 1 aliphatic carbocycles. The molecule has 1 aromatic carbocycles. The number of nitrogens with zero attached hydrogens (tertiary/aromatic N) is 1. The molecular weight excluding hydrogens is 452 g/mol. The number of hydrogen-bond donors (Lipinski definition) is 1. The summed E-state index contributed by atoms with van der Waals surface area (Å²) in [6.45, 7) is 2.77. The van der Waals surface area contributed by atoms with Crippen LogP contribution in [-0.2, 0) is 11.3 Å². The van der Waals surface area contributed by atoms with E-state index in [0.717, 1.165) is 30.6 Å². The van der Waals surface area contributed by atoms with Gasteiger partial charge in [-0.3, -0.25) is 9.59 Å². The van der Waals surface area contributed by atoms with Gasteiger partial charge in [-0.15, -0.1) is 22.7 Å². The molecule has 3 aromatic rings. The summed E-state index contributed by atoms with van der Waals surface area (Å²) >= 11 is 2.98. The number of thiophene rings is 2. The van der Waals surface area contributed by atoms with Crippen LogP contribution < -0.4 is 10.1 Å². The van der Waals surface area contributed by atoms with Gasteiger partial charge in [0.25, 0.3) is 5.91 Å². The van der Waals surface area contributed by atoms with E-state index in [2.05, 4.69) is 5.32 Å². The fourth-order valence-corrected chi connectivity index (χ4v) is 5.75. The molecule has 0 aliphatic heterocycles. The molecule has 2 amide bonds. The minimum atomic E-state index is -0.786. The van der Waals surface area contributed by atoms with Crippen LogP contribution in [0.15, 0.2) is 59.3 Å². The van der Waals surface area contributed by atoms with Gasteiger partial charge in [-0.05, 0) is 48.7 Å². The standard InChI is InChI=1S/C26H30N2O3S2/c1-2-31-22-14-7-6-13-21(22)24(25(29)27-19-10-4-3-5-11-19)28(18-20-12-8-16-32-20)26(30)23-15-9-17-33-23/h6-9,12-17,19,24H,2-5,10-11,18H2,1H3,(H,27,29)/t24-/m0/s1. The third-order valence-electron chi connectivity index (χ3n) is 5.92. The molecule has 1 saturated carbocycles. The molecule has 0 radical (unpaired) electrons. The zero-order valence-electron chi connectivity index (χ0n) is 18.9. The molecule has 1 aliphatic rings. The highest BCUT2D eigenvalue weighted by Crippen LogP contribution is 2.34. The fraction of sp³-hybridized carbons (Fsp3) is 0.385. The number of nitrogens with one attached hydrogen (secondary N) is 1. The Morgan fingerprint density at radius 2 is 1.79 bits per heavy atom. The lowest BCUT2D eigenvalue weighted by atomic mass is 9.94. The normalized spacial score (nSPS) is 15.1. The van der Waals surface area contributed by atoms with Crippen LogP contribution in [0, 0.1) is 0 Å². The molecule has 7 heteroatoms. The van der Waals surface area contributed by atoms with Gasteiger partial charge < -0.3 is 15.0 Å². The summed E-state index contributed by atoms with van der Waals surface area (Å²) < 4.78 is 5.90. The van der Waals surface area contributed by atoms with Gasteiger partial charge in [0.05, 0.1) is 18.0 Å². The molecule has 0 spiro atoms. The first-order chi connectivity index (χ1) is 16.2. The van der Waals surface area contributed by atoms with Crippen LogP contribution in [0.3, 0.4) is 0 Å². The molecule has 0 saturated heterocycles. The molecule has 0 unspecified atom stereocenters. The lowest BCUT2D eigenvalue weighted by Gasteiger charge is -2.33. The van der Waals surface area contributed by atoms with Crippen LogP contribution in [0.5, 0.6) is 5.75 Å². The monoisotopic (exact) mass is 482 g/mol. The molecule has 4 rings (SSSR count). The molecule has 1 N–H and O–H groups in total. The Labute approximate surface area is 203 Å². The molecule has 33 heavy (non-hydrogen) atoms. The number of hydrogen-bond acceptors (Lipinski definition) is 5. The Morgan fingerprint density at radius 3 is 2.48 bits per heavy atom. The molecule has 1 fully saturated rings. The molecule has 1 atom stereocenters. The van der Waals surface area contributed by atoms with Crippen LogP contribution in [0.1, 0.15) is 65.2 Å². The molecule has 174 valence electrons. The smallest absolute Gasteiger partial charge is 0.265 e. The number of carbonyl (C=O) groups is 2. The molecule has 2 heterocycles. The van der Waals surface area contributed by atoms with E-state index in [1.165, 1.54) is 17.8 Å². The number of ether oxygens (including phenoxy) is 1. The summed E-state index contributed by atoms with van der Waals surface area (Å²) in [6.07, 6.45) is 5.42. The van der Waals surface area contributed by atoms with Gasteiger partial charge in [0, 0.05) is 16.5 Å². The highest BCUT2D eigenvalue weighted by molar-refractivity contribution is 7.12. The van der Waals surface area contributed by atoms with Crippen molar-refractivity contribution in [1.29, 1.82) is 0 Å². The fourth-order valence-electron chi connectivity index (χ4n) is 4.36. The van der Waals surface area contributed by atoms with Crippen molar-refractivity contribution in [3.05, 3.63) is 74.6 Å². The zero-order chi connectivity index (χ0) is 23.0. The quantitative estimate of drug-likeness (QED) is 0.404. The van der Waals surface area contributed by atoms with Crippen molar-refractivity contribution in [1.82, 2.24) is 10.2 Å². The summed E-state index contributed by atoms with van der Waals surface area (Å²) in [5.74, 6) is 0.350. The zero-order valence-corrected chi connectivity index (χ0v) is 20.5. The van der Waals surface area contributed by atoms with Crippen molar-refractivity contribution in [2.24, 2.45) is 0 Å². The molecular formula is C26H30N2O3S2. The van der Waals surface area contributed by atoms with Crippen molar-refractivity contribution in [3.8, 4) is 5.75 Å². The van der Waals surface area contributed by atoms with Crippen molar-refractivity contribution >= 4 is 34.5 Å². The van der Waals surface area contributed by atoms with Gasteiger partial charge in [-0.25, -0.2) is 0 Å². The summed E-state index contributed by atoms with van der Waals surface area (Å²) in [5, 5.41) is 7.15. The topological polar surface area (TPSA) is 58.6 Å². The van der Waals surface area contributed by atoms with Crippen LogP contribution in [-0.4, -0.2) is 29.4 Å². The average Bonchev–Trinajstić information content (AvgIpc) is 3.55.